The van der Waals surface area contributed by atoms with Gasteiger partial charge in [-0.25, -0.2) is 4.39 Å². The lowest BCUT2D eigenvalue weighted by Crippen LogP contribution is -2.42. The summed E-state index contributed by atoms with van der Waals surface area (Å²) >= 11 is 0. The zero-order chi connectivity index (χ0) is 11.7. The van der Waals surface area contributed by atoms with Crippen LogP contribution in [-0.2, 0) is 0 Å². The number of halogens is 1. The maximum Gasteiger partial charge on any atom is 0.142 e. The highest BCUT2D eigenvalue weighted by atomic mass is 19.1. The summed E-state index contributed by atoms with van der Waals surface area (Å²) in [6.07, 6.45) is 10.0. The lowest BCUT2D eigenvalue weighted by molar-refractivity contribution is 0.278. The highest BCUT2D eigenvalue weighted by Gasteiger charge is 2.28. The Morgan fingerprint density at radius 1 is 1.35 bits per heavy atom. The average Bonchev–Trinajstić information content (AvgIpc) is 2.38. The molecule has 0 spiro atoms. The quantitative estimate of drug-likeness (QED) is 0.805. The number of pyridine rings is 1. The molecule has 3 rings (SSSR count). The van der Waals surface area contributed by atoms with Crippen molar-refractivity contribution in [3.63, 3.8) is 0 Å². The molecular formula is C14H17FN2. The third-order valence-electron chi connectivity index (χ3n) is 3.91. The number of fused-ring (bicyclic) bond motifs is 1. The van der Waals surface area contributed by atoms with Gasteiger partial charge in [-0.15, -0.1) is 0 Å². The number of nitrogens with zero attached hydrogens (tertiary/aromatic N) is 1. The molecule has 3 heteroatoms. The van der Waals surface area contributed by atoms with Gasteiger partial charge in [-0.3, -0.25) is 4.98 Å². The summed E-state index contributed by atoms with van der Waals surface area (Å²) in [5.41, 5.74) is 2.18. The van der Waals surface area contributed by atoms with Crippen LogP contribution in [0.3, 0.4) is 0 Å². The van der Waals surface area contributed by atoms with Gasteiger partial charge in [-0.2, -0.15) is 0 Å². The van der Waals surface area contributed by atoms with Crippen LogP contribution < -0.4 is 5.32 Å². The van der Waals surface area contributed by atoms with E-state index in [2.05, 4.69) is 16.4 Å². The van der Waals surface area contributed by atoms with Gasteiger partial charge in [-0.1, -0.05) is 6.08 Å². The molecule has 0 saturated carbocycles. The summed E-state index contributed by atoms with van der Waals surface area (Å²) in [5, 5.41) is 3.58. The SMILES string of the molecule is Fc1cncc(C2=CC[C@@H]3CCCN[C@@H]3C2)c1. The third-order valence-corrected chi connectivity index (χ3v) is 3.91. The van der Waals surface area contributed by atoms with Gasteiger partial charge in [0.15, 0.2) is 0 Å². The maximum atomic E-state index is 13.1. The minimum absolute atomic E-state index is 0.248. The first-order chi connectivity index (χ1) is 8.33. The first-order valence-corrected chi connectivity index (χ1v) is 6.36. The molecule has 0 bridgehead atoms. The van der Waals surface area contributed by atoms with Crippen LogP contribution in [-0.4, -0.2) is 17.6 Å². The highest BCUT2D eigenvalue weighted by molar-refractivity contribution is 5.66. The fraction of sp³-hybridized carbons (Fsp3) is 0.500. The lowest BCUT2D eigenvalue weighted by atomic mass is 9.78. The van der Waals surface area contributed by atoms with Gasteiger partial charge in [0.1, 0.15) is 5.82 Å². The van der Waals surface area contributed by atoms with E-state index in [-0.39, 0.29) is 5.82 Å². The molecule has 1 aromatic heterocycles. The molecule has 17 heavy (non-hydrogen) atoms. The highest BCUT2D eigenvalue weighted by Crippen LogP contribution is 2.34. The monoisotopic (exact) mass is 232 g/mol. The normalized spacial score (nSPS) is 28.4. The summed E-state index contributed by atoms with van der Waals surface area (Å²) in [4.78, 5) is 3.93. The Kier molecular flexibility index (Phi) is 2.93. The second kappa shape index (κ2) is 4.57. The molecule has 2 atom stereocenters. The number of piperidine rings is 1. The molecule has 2 heterocycles. The van der Waals surface area contributed by atoms with Crippen LogP contribution in [0.4, 0.5) is 4.39 Å². The summed E-state index contributed by atoms with van der Waals surface area (Å²) in [6.45, 7) is 1.12. The van der Waals surface area contributed by atoms with E-state index >= 15 is 0 Å². The fourth-order valence-corrected chi connectivity index (χ4v) is 2.98. The van der Waals surface area contributed by atoms with E-state index in [0.29, 0.717) is 6.04 Å². The van der Waals surface area contributed by atoms with Gasteiger partial charge in [-0.05, 0) is 55.3 Å². The summed E-state index contributed by atoms with van der Waals surface area (Å²) < 4.78 is 13.1. The molecule has 0 aromatic carbocycles. The van der Waals surface area contributed by atoms with Crippen LogP contribution in [0.1, 0.15) is 31.2 Å². The van der Waals surface area contributed by atoms with Gasteiger partial charge in [0, 0.05) is 12.2 Å². The molecule has 1 aliphatic carbocycles. The maximum absolute atomic E-state index is 13.1. The molecule has 1 N–H and O–H groups in total. The van der Waals surface area contributed by atoms with Crippen molar-refractivity contribution in [1.29, 1.82) is 0 Å². The van der Waals surface area contributed by atoms with E-state index in [1.807, 2.05) is 0 Å². The topological polar surface area (TPSA) is 24.9 Å². The number of allylic oxidation sites excluding steroid dienone is 1. The Morgan fingerprint density at radius 2 is 2.29 bits per heavy atom. The molecule has 90 valence electrons. The number of nitrogens with one attached hydrogen (secondary N) is 1. The average molecular weight is 232 g/mol. The van der Waals surface area contributed by atoms with Crippen molar-refractivity contribution in [3.05, 3.63) is 35.9 Å². The predicted molar refractivity (Wildman–Crippen MR) is 65.9 cm³/mol. The Balaban J connectivity index is 1.82. The summed E-state index contributed by atoms with van der Waals surface area (Å²) in [7, 11) is 0. The number of hydrogen-bond acceptors (Lipinski definition) is 2. The number of rotatable bonds is 1. The van der Waals surface area contributed by atoms with Crippen molar-refractivity contribution < 1.29 is 4.39 Å². The van der Waals surface area contributed by atoms with Gasteiger partial charge >= 0.3 is 0 Å². The van der Waals surface area contributed by atoms with Crippen molar-refractivity contribution in [3.8, 4) is 0 Å². The van der Waals surface area contributed by atoms with Crippen molar-refractivity contribution in [2.45, 2.75) is 31.7 Å². The van der Waals surface area contributed by atoms with E-state index in [1.165, 1.54) is 24.6 Å². The zero-order valence-corrected chi connectivity index (χ0v) is 9.82. The first-order valence-electron chi connectivity index (χ1n) is 6.36. The minimum Gasteiger partial charge on any atom is -0.313 e. The predicted octanol–water partition coefficient (Wildman–Crippen LogP) is 2.77. The molecular weight excluding hydrogens is 215 g/mol. The largest absolute Gasteiger partial charge is 0.313 e. The van der Waals surface area contributed by atoms with E-state index in [9.17, 15) is 4.39 Å². The second-order valence-electron chi connectivity index (χ2n) is 5.02. The molecule has 0 unspecified atom stereocenters. The molecule has 2 aliphatic rings. The molecule has 0 radical (unpaired) electrons. The summed E-state index contributed by atoms with van der Waals surface area (Å²) in [5.74, 6) is 0.524. The lowest BCUT2D eigenvalue weighted by Gasteiger charge is -2.36. The van der Waals surface area contributed by atoms with E-state index in [4.69, 9.17) is 0 Å². The van der Waals surface area contributed by atoms with Crippen molar-refractivity contribution in [2.75, 3.05) is 6.54 Å². The molecule has 2 nitrogen and oxygen atoms in total. The number of aromatic nitrogens is 1. The van der Waals surface area contributed by atoms with Gasteiger partial charge in [0.05, 0.1) is 6.20 Å². The van der Waals surface area contributed by atoms with Crippen molar-refractivity contribution >= 4 is 5.57 Å². The molecule has 1 aliphatic heterocycles. The standard InChI is InChI=1S/C14H17FN2/c15-13-6-12(8-16-9-13)11-4-3-10-2-1-5-17-14(10)7-11/h4,6,8-10,14,17H,1-3,5,7H2/t10-,14+/m0/s1. The van der Waals surface area contributed by atoms with Crippen LogP contribution in [0.25, 0.3) is 5.57 Å². The van der Waals surface area contributed by atoms with Gasteiger partial charge in [0.25, 0.3) is 0 Å². The van der Waals surface area contributed by atoms with Gasteiger partial charge in [0.2, 0.25) is 0 Å². The van der Waals surface area contributed by atoms with Crippen LogP contribution in [0.5, 0.6) is 0 Å². The number of hydrogen-bond donors (Lipinski definition) is 1. The molecule has 1 fully saturated rings. The van der Waals surface area contributed by atoms with E-state index in [1.54, 1.807) is 12.3 Å². The third kappa shape index (κ3) is 2.25. The van der Waals surface area contributed by atoms with E-state index in [0.717, 1.165) is 30.9 Å². The molecule has 1 saturated heterocycles. The zero-order valence-electron chi connectivity index (χ0n) is 9.82. The Hall–Kier alpha value is -1.22. The molecule has 0 amide bonds. The Bertz CT molecular complexity index is 442. The van der Waals surface area contributed by atoms with Crippen molar-refractivity contribution in [2.24, 2.45) is 5.92 Å². The first kappa shape index (κ1) is 10.9. The summed E-state index contributed by atoms with van der Waals surface area (Å²) in [6, 6.07) is 2.16. The van der Waals surface area contributed by atoms with Crippen molar-refractivity contribution in [1.82, 2.24) is 10.3 Å². The van der Waals surface area contributed by atoms with Crippen LogP contribution in [0.15, 0.2) is 24.5 Å². The van der Waals surface area contributed by atoms with Crippen LogP contribution >= 0.6 is 0 Å². The van der Waals surface area contributed by atoms with E-state index < -0.39 is 0 Å². The second-order valence-corrected chi connectivity index (χ2v) is 5.02. The molecule has 1 aromatic rings. The Labute approximate surface area is 101 Å². The minimum atomic E-state index is -0.248. The van der Waals surface area contributed by atoms with Gasteiger partial charge < -0.3 is 5.32 Å². The Morgan fingerprint density at radius 3 is 3.18 bits per heavy atom. The van der Waals surface area contributed by atoms with Crippen LogP contribution in [0, 0.1) is 11.7 Å². The fourth-order valence-electron chi connectivity index (χ4n) is 2.98. The smallest absolute Gasteiger partial charge is 0.142 e. The van der Waals surface area contributed by atoms with Crippen LogP contribution in [0.2, 0.25) is 0 Å².